The average molecular weight is 448 g/mol. The maximum absolute atomic E-state index is 12.8. The molecule has 0 bridgehead atoms. The molecule has 1 aromatic heterocycles. The highest BCUT2D eigenvalue weighted by Crippen LogP contribution is 2.21. The van der Waals surface area contributed by atoms with Crippen molar-refractivity contribution in [3.05, 3.63) is 83.9 Å². The predicted octanol–water partition coefficient (Wildman–Crippen LogP) is 4.25. The number of rotatable bonds is 11. The van der Waals surface area contributed by atoms with Gasteiger partial charge in [-0.1, -0.05) is 61.5 Å². The standard InChI is InChI=1S/C26H29N3O4/c1-3-33-17-18(2)15-22(28-25(30)23-13-14-27-24(29-23)26(31)32)16-19-9-11-21(12-10-19)20-7-5-4-6-8-20/h4-14,18,22H,3,15-17H2,1-2H3,(H,28,30)(H,31,32). The molecule has 1 heterocycles. The first kappa shape index (κ1) is 24.1. The van der Waals surface area contributed by atoms with Crippen molar-refractivity contribution in [2.45, 2.75) is 32.7 Å². The van der Waals surface area contributed by atoms with Crippen molar-refractivity contribution < 1.29 is 19.4 Å². The fourth-order valence-electron chi connectivity index (χ4n) is 3.66. The molecule has 3 rings (SSSR count). The van der Waals surface area contributed by atoms with E-state index >= 15 is 0 Å². The molecule has 0 saturated carbocycles. The molecule has 0 radical (unpaired) electrons. The summed E-state index contributed by atoms with van der Waals surface area (Å²) in [7, 11) is 0. The maximum atomic E-state index is 12.8. The summed E-state index contributed by atoms with van der Waals surface area (Å²) in [5.74, 6) is -1.86. The summed E-state index contributed by atoms with van der Waals surface area (Å²) in [5.41, 5.74) is 3.41. The smallest absolute Gasteiger partial charge is 0.373 e. The van der Waals surface area contributed by atoms with Gasteiger partial charge in [0.15, 0.2) is 0 Å². The Hall–Kier alpha value is -3.58. The van der Waals surface area contributed by atoms with Crippen molar-refractivity contribution in [1.29, 1.82) is 0 Å². The zero-order chi connectivity index (χ0) is 23.6. The Morgan fingerprint density at radius 1 is 1.03 bits per heavy atom. The molecule has 3 aromatic rings. The van der Waals surface area contributed by atoms with Gasteiger partial charge in [0, 0.05) is 25.5 Å². The van der Waals surface area contributed by atoms with E-state index in [1.54, 1.807) is 0 Å². The lowest BCUT2D eigenvalue weighted by Gasteiger charge is -2.22. The van der Waals surface area contributed by atoms with Crippen molar-refractivity contribution in [1.82, 2.24) is 15.3 Å². The van der Waals surface area contributed by atoms with Gasteiger partial charge < -0.3 is 15.2 Å². The number of amides is 1. The van der Waals surface area contributed by atoms with Gasteiger partial charge in [0.1, 0.15) is 5.69 Å². The molecule has 7 nitrogen and oxygen atoms in total. The molecule has 0 spiro atoms. The molecular weight excluding hydrogens is 418 g/mol. The summed E-state index contributed by atoms with van der Waals surface area (Å²) in [4.78, 5) is 31.5. The second-order valence-electron chi connectivity index (χ2n) is 8.01. The van der Waals surface area contributed by atoms with Crippen LogP contribution in [0.5, 0.6) is 0 Å². The van der Waals surface area contributed by atoms with Gasteiger partial charge in [-0.3, -0.25) is 4.79 Å². The van der Waals surface area contributed by atoms with Crippen molar-refractivity contribution in [3.63, 3.8) is 0 Å². The molecule has 0 aliphatic rings. The predicted molar refractivity (Wildman–Crippen MR) is 126 cm³/mol. The van der Waals surface area contributed by atoms with Crippen LogP contribution in [-0.4, -0.2) is 46.2 Å². The summed E-state index contributed by atoms with van der Waals surface area (Å²) in [6.07, 6.45) is 2.62. The van der Waals surface area contributed by atoms with Crippen LogP contribution in [0.3, 0.4) is 0 Å². The van der Waals surface area contributed by atoms with Crippen LogP contribution in [0.4, 0.5) is 0 Å². The fourth-order valence-corrected chi connectivity index (χ4v) is 3.66. The first-order chi connectivity index (χ1) is 16.0. The summed E-state index contributed by atoms with van der Waals surface area (Å²) < 4.78 is 5.54. The van der Waals surface area contributed by atoms with Gasteiger partial charge in [-0.25, -0.2) is 14.8 Å². The molecule has 7 heteroatoms. The molecule has 0 fully saturated rings. The number of carbonyl (C=O) groups excluding carboxylic acids is 1. The highest BCUT2D eigenvalue weighted by atomic mass is 16.5. The van der Waals surface area contributed by atoms with E-state index in [0.29, 0.717) is 26.1 Å². The number of ether oxygens (including phenoxy) is 1. The highest BCUT2D eigenvalue weighted by Gasteiger charge is 2.20. The lowest BCUT2D eigenvalue weighted by molar-refractivity contribution is 0.0683. The van der Waals surface area contributed by atoms with Crippen molar-refractivity contribution in [2.24, 2.45) is 5.92 Å². The van der Waals surface area contributed by atoms with Crippen LogP contribution in [0.1, 0.15) is 46.9 Å². The Bertz CT molecular complexity index is 1050. The third-order valence-corrected chi connectivity index (χ3v) is 5.25. The first-order valence-corrected chi connectivity index (χ1v) is 11.1. The molecular formula is C26H29N3O4. The molecule has 33 heavy (non-hydrogen) atoms. The molecule has 2 atom stereocenters. The number of aromatic carboxylic acids is 1. The quantitative estimate of drug-likeness (QED) is 0.456. The third-order valence-electron chi connectivity index (χ3n) is 5.25. The van der Waals surface area contributed by atoms with E-state index in [1.807, 2.05) is 25.1 Å². The molecule has 2 unspecified atom stereocenters. The lowest BCUT2D eigenvalue weighted by Crippen LogP contribution is -2.38. The van der Waals surface area contributed by atoms with Crippen LogP contribution in [0.15, 0.2) is 66.9 Å². The van der Waals surface area contributed by atoms with Gasteiger partial charge >= 0.3 is 5.97 Å². The molecule has 0 saturated heterocycles. The monoisotopic (exact) mass is 447 g/mol. The fraction of sp³-hybridized carbons (Fsp3) is 0.308. The second-order valence-corrected chi connectivity index (χ2v) is 8.01. The van der Waals surface area contributed by atoms with Gasteiger partial charge in [-0.15, -0.1) is 0 Å². The molecule has 2 N–H and O–H groups in total. The summed E-state index contributed by atoms with van der Waals surface area (Å²) in [6.45, 7) is 5.28. The SMILES string of the molecule is CCOCC(C)CC(Cc1ccc(-c2ccccc2)cc1)NC(=O)c1ccnc(C(=O)O)n1. The van der Waals surface area contributed by atoms with Gasteiger partial charge in [-0.05, 0) is 48.4 Å². The van der Waals surface area contributed by atoms with Crippen molar-refractivity contribution in [3.8, 4) is 11.1 Å². The maximum Gasteiger partial charge on any atom is 0.373 e. The Morgan fingerprint density at radius 2 is 1.73 bits per heavy atom. The highest BCUT2D eigenvalue weighted by molar-refractivity contribution is 5.93. The van der Waals surface area contributed by atoms with Crippen molar-refractivity contribution >= 4 is 11.9 Å². The third kappa shape index (κ3) is 7.22. The largest absolute Gasteiger partial charge is 0.475 e. The van der Waals surface area contributed by atoms with E-state index in [-0.39, 0.29) is 17.7 Å². The minimum absolute atomic E-state index is 0.0317. The normalized spacial score (nSPS) is 12.7. The second kappa shape index (κ2) is 11.9. The van der Waals surface area contributed by atoms with Crippen LogP contribution >= 0.6 is 0 Å². The number of aromatic nitrogens is 2. The number of hydrogen-bond acceptors (Lipinski definition) is 5. The Balaban J connectivity index is 1.74. The van der Waals surface area contributed by atoms with Gasteiger partial charge in [0.25, 0.3) is 5.91 Å². The number of hydrogen-bond donors (Lipinski definition) is 2. The van der Waals surface area contributed by atoms with Gasteiger partial charge in [0.2, 0.25) is 5.82 Å². The number of nitrogens with one attached hydrogen (secondary N) is 1. The van der Waals surface area contributed by atoms with E-state index in [0.717, 1.165) is 16.7 Å². The first-order valence-electron chi connectivity index (χ1n) is 11.1. The topological polar surface area (TPSA) is 101 Å². The van der Waals surface area contributed by atoms with E-state index in [1.165, 1.54) is 12.3 Å². The molecule has 2 aromatic carbocycles. The number of carboxylic acid groups (broad SMARTS) is 1. The Morgan fingerprint density at radius 3 is 2.39 bits per heavy atom. The Labute approximate surface area is 193 Å². The molecule has 0 aliphatic carbocycles. The number of benzene rings is 2. The van der Waals surface area contributed by atoms with Crippen LogP contribution in [0, 0.1) is 5.92 Å². The van der Waals surface area contributed by atoms with Crippen LogP contribution in [0.2, 0.25) is 0 Å². The van der Waals surface area contributed by atoms with Crippen molar-refractivity contribution in [2.75, 3.05) is 13.2 Å². The number of carboxylic acids is 1. The molecule has 172 valence electrons. The summed E-state index contributed by atoms with van der Waals surface area (Å²) >= 11 is 0. The zero-order valence-electron chi connectivity index (χ0n) is 18.9. The van der Waals surface area contributed by atoms with Crippen LogP contribution < -0.4 is 5.32 Å². The van der Waals surface area contributed by atoms with Gasteiger partial charge in [-0.2, -0.15) is 0 Å². The number of carbonyl (C=O) groups is 2. The molecule has 1 amide bonds. The van der Waals surface area contributed by atoms with E-state index < -0.39 is 17.7 Å². The lowest BCUT2D eigenvalue weighted by atomic mass is 9.95. The Kier molecular flexibility index (Phi) is 8.66. The van der Waals surface area contributed by atoms with Crippen LogP contribution in [-0.2, 0) is 11.2 Å². The summed E-state index contributed by atoms with van der Waals surface area (Å²) in [5, 5.41) is 12.1. The van der Waals surface area contributed by atoms with Gasteiger partial charge in [0.05, 0.1) is 0 Å². The van der Waals surface area contributed by atoms with E-state index in [2.05, 4.69) is 58.6 Å². The number of nitrogens with zero attached hydrogens (tertiary/aromatic N) is 2. The minimum Gasteiger partial charge on any atom is -0.475 e. The van der Waals surface area contributed by atoms with Crippen LogP contribution in [0.25, 0.3) is 11.1 Å². The summed E-state index contributed by atoms with van der Waals surface area (Å²) in [6, 6.07) is 19.7. The average Bonchev–Trinajstić information content (AvgIpc) is 2.83. The zero-order valence-corrected chi connectivity index (χ0v) is 18.9. The minimum atomic E-state index is -1.27. The van der Waals surface area contributed by atoms with E-state index in [4.69, 9.17) is 9.84 Å². The molecule has 0 aliphatic heterocycles. The van der Waals surface area contributed by atoms with E-state index in [9.17, 15) is 9.59 Å².